The molecule has 0 radical (unpaired) electrons. The zero-order valence-corrected chi connectivity index (χ0v) is 19.9. The van der Waals surface area contributed by atoms with Gasteiger partial charge in [0.25, 0.3) is 0 Å². The summed E-state index contributed by atoms with van der Waals surface area (Å²) >= 11 is 1.76. The maximum atomic E-state index is 11.2. The largest absolute Gasteiger partial charge is 0.370 e. The lowest BCUT2D eigenvalue weighted by Gasteiger charge is -2.34. The zero-order valence-electron chi connectivity index (χ0n) is 16.7. The van der Waals surface area contributed by atoms with E-state index in [1.807, 2.05) is 6.07 Å². The number of piperidine rings is 1. The van der Waals surface area contributed by atoms with E-state index in [0.29, 0.717) is 12.3 Å². The lowest BCUT2D eigenvalue weighted by molar-refractivity contribution is -0.119. The fourth-order valence-electron chi connectivity index (χ4n) is 3.52. The molecule has 29 heavy (non-hydrogen) atoms. The van der Waals surface area contributed by atoms with Crippen molar-refractivity contribution in [3.05, 3.63) is 60.2 Å². The van der Waals surface area contributed by atoms with Crippen molar-refractivity contribution in [1.82, 2.24) is 10.2 Å². The maximum Gasteiger partial charge on any atom is 0.217 e. The van der Waals surface area contributed by atoms with Crippen molar-refractivity contribution in [2.75, 3.05) is 20.1 Å². The Labute approximate surface area is 194 Å². The van der Waals surface area contributed by atoms with Crippen LogP contribution in [-0.4, -0.2) is 36.9 Å². The van der Waals surface area contributed by atoms with Crippen LogP contribution in [0.15, 0.2) is 69.4 Å². The van der Waals surface area contributed by atoms with Gasteiger partial charge in [-0.15, -0.1) is 24.0 Å². The topological polar surface area (TPSA) is 70.7 Å². The number of rotatable bonds is 6. The van der Waals surface area contributed by atoms with E-state index >= 15 is 0 Å². The second-order valence-electron chi connectivity index (χ2n) is 7.08. The van der Waals surface area contributed by atoms with E-state index in [9.17, 15) is 4.79 Å². The summed E-state index contributed by atoms with van der Waals surface area (Å²) in [5, 5.41) is 3.45. The van der Waals surface area contributed by atoms with Crippen LogP contribution in [0.4, 0.5) is 0 Å². The van der Waals surface area contributed by atoms with E-state index in [1.54, 1.807) is 18.8 Å². The zero-order chi connectivity index (χ0) is 19.8. The van der Waals surface area contributed by atoms with Crippen molar-refractivity contribution in [1.29, 1.82) is 0 Å². The molecule has 1 aliphatic heterocycles. The third-order valence-corrected chi connectivity index (χ3v) is 5.89. The Morgan fingerprint density at radius 1 is 1.17 bits per heavy atom. The second kappa shape index (κ2) is 12.1. The molecule has 7 heteroatoms. The highest BCUT2D eigenvalue weighted by molar-refractivity contribution is 14.0. The van der Waals surface area contributed by atoms with E-state index in [2.05, 4.69) is 63.7 Å². The number of carbonyl (C=O) groups is 1. The molecule has 1 unspecified atom stereocenters. The molecule has 0 bridgehead atoms. The SMILES string of the molecule is CN=C(NCc1ccc(Sc2ccccc2)cc1)N1CCCC(CC(N)=O)C1.I. The number of nitrogens with one attached hydrogen (secondary N) is 1. The summed E-state index contributed by atoms with van der Waals surface area (Å²) in [5.74, 6) is 0.985. The van der Waals surface area contributed by atoms with Gasteiger partial charge in [-0.05, 0) is 48.6 Å². The average molecular weight is 524 g/mol. The number of primary amides is 1. The van der Waals surface area contributed by atoms with Gasteiger partial charge in [-0.25, -0.2) is 0 Å². The molecule has 3 rings (SSSR count). The molecular weight excluding hydrogens is 495 g/mol. The quantitative estimate of drug-likeness (QED) is 0.339. The molecule has 1 aliphatic rings. The van der Waals surface area contributed by atoms with Crippen LogP contribution in [-0.2, 0) is 11.3 Å². The third-order valence-electron chi connectivity index (χ3n) is 4.87. The summed E-state index contributed by atoms with van der Waals surface area (Å²) in [4.78, 5) is 20.3. The predicted octanol–water partition coefficient (Wildman–Crippen LogP) is 4.12. The molecule has 0 aromatic heterocycles. The number of halogens is 1. The Morgan fingerprint density at radius 2 is 1.86 bits per heavy atom. The normalized spacial score (nSPS) is 16.8. The molecule has 1 atom stereocenters. The first-order chi connectivity index (χ1) is 13.6. The third kappa shape index (κ3) is 7.54. The molecule has 156 valence electrons. The van der Waals surface area contributed by atoms with Crippen molar-refractivity contribution >= 4 is 47.6 Å². The summed E-state index contributed by atoms with van der Waals surface area (Å²) in [5.41, 5.74) is 6.58. The number of nitrogens with two attached hydrogens (primary N) is 1. The first-order valence-electron chi connectivity index (χ1n) is 9.70. The number of likely N-dealkylation sites (tertiary alicyclic amines) is 1. The second-order valence-corrected chi connectivity index (χ2v) is 8.23. The number of carbonyl (C=O) groups excluding carboxylic acids is 1. The minimum absolute atomic E-state index is 0. The lowest BCUT2D eigenvalue weighted by atomic mass is 9.95. The number of amides is 1. The van der Waals surface area contributed by atoms with Gasteiger partial charge in [0.15, 0.2) is 5.96 Å². The van der Waals surface area contributed by atoms with E-state index in [0.717, 1.165) is 38.4 Å². The minimum Gasteiger partial charge on any atom is -0.370 e. The van der Waals surface area contributed by atoms with E-state index in [4.69, 9.17) is 5.73 Å². The van der Waals surface area contributed by atoms with Gasteiger partial charge >= 0.3 is 0 Å². The molecule has 2 aromatic rings. The molecule has 2 aromatic carbocycles. The number of benzene rings is 2. The van der Waals surface area contributed by atoms with Crippen LogP contribution in [0.25, 0.3) is 0 Å². The van der Waals surface area contributed by atoms with Gasteiger partial charge in [0.2, 0.25) is 5.91 Å². The molecule has 1 fully saturated rings. The van der Waals surface area contributed by atoms with Gasteiger partial charge in [0.05, 0.1) is 0 Å². The van der Waals surface area contributed by atoms with Crippen LogP contribution in [0.2, 0.25) is 0 Å². The maximum absolute atomic E-state index is 11.2. The highest BCUT2D eigenvalue weighted by Gasteiger charge is 2.23. The monoisotopic (exact) mass is 524 g/mol. The molecule has 0 spiro atoms. The van der Waals surface area contributed by atoms with Gasteiger partial charge < -0.3 is 16.0 Å². The van der Waals surface area contributed by atoms with Crippen molar-refractivity contribution in [3.8, 4) is 0 Å². The summed E-state index contributed by atoms with van der Waals surface area (Å²) in [6.45, 7) is 2.51. The van der Waals surface area contributed by atoms with Gasteiger partial charge in [-0.3, -0.25) is 9.79 Å². The lowest BCUT2D eigenvalue weighted by Crippen LogP contribution is -2.46. The Balaban J connectivity index is 0.00000300. The highest BCUT2D eigenvalue weighted by Crippen LogP contribution is 2.27. The molecule has 1 heterocycles. The summed E-state index contributed by atoms with van der Waals surface area (Å²) in [6, 6.07) is 19.0. The fraction of sp³-hybridized carbons (Fsp3) is 0.364. The number of hydrogen-bond acceptors (Lipinski definition) is 3. The molecule has 1 amide bonds. The molecular formula is C22H29IN4OS. The van der Waals surface area contributed by atoms with Crippen molar-refractivity contribution in [3.63, 3.8) is 0 Å². The molecule has 3 N–H and O–H groups in total. The Morgan fingerprint density at radius 3 is 2.52 bits per heavy atom. The van der Waals surface area contributed by atoms with E-state index < -0.39 is 0 Å². The Kier molecular flexibility index (Phi) is 9.80. The van der Waals surface area contributed by atoms with Crippen LogP contribution >= 0.6 is 35.7 Å². The first-order valence-corrected chi connectivity index (χ1v) is 10.5. The van der Waals surface area contributed by atoms with Crippen LogP contribution < -0.4 is 11.1 Å². The van der Waals surface area contributed by atoms with Crippen LogP contribution in [0.1, 0.15) is 24.8 Å². The Bertz CT molecular complexity index is 798. The summed E-state index contributed by atoms with van der Waals surface area (Å²) in [6.07, 6.45) is 2.56. The average Bonchev–Trinajstić information content (AvgIpc) is 2.70. The summed E-state index contributed by atoms with van der Waals surface area (Å²) < 4.78 is 0. The van der Waals surface area contributed by atoms with Gasteiger partial charge in [0.1, 0.15) is 0 Å². The molecule has 0 saturated carbocycles. The van der Waals surface area contributed by atoms with Crippen molar-refractivity contribution in [2.24, 2.45) is 16.6 Å². The fourth-order valence-corrected chi connectivity index (χ4v) is 4.36. The smallest absolute Gasteiger partial charge is 0.217 e. The number of aliphatic imine (C=N–C) groups is 1. The highest BCUT2D eigenvalue weighted by atomic mass is 127. The van der Waals surface area contributed by atoms with Gasteiger partial charge in [-0.2, -0.15) is 0 Å². The molecule has 5 nitrogen and oxygen atoms in total. The number of hydrogen-bond donors (Lipinski definition) is 2. The van der Waals surface area contributed by atoms with Crippen LogP contribution in [0, 0.1) is 5.92 Å². The number of guanidine groups is 1. The van der Waals surface area contributed by atoms with Gasteiger partial charge in [0, 0.05) is 42.9 Å². The van der Waals surface area contributed by atoms with Crippen LogP contribution in [0.3, 0.4) is 0 Å². The van der Waals surface area contributed by atoms with E-state index in [1.165, 1.54) is 15.4 Å². The van der Waals surface area contributed by atoms with Crippen LogP contribution in [0.5, 0.6) is 0 Å². The molecule has 1 saturated heterocycles. The standard InChI is InChI=1S/C22H28N4OS.HI/c1-24-22(26-13-5-6-18(16-26)14-21(23)27)25-15-17-9-11-20(12-10-17)28-19-7-3-2-4-8-19;/h2-4,7-12,18H,5-6,13-16H2,1H3,(H2,23,27)(H,24,25);1H. The first kappa shape index (κ1) is 23.5. The van der Waals surface area contributed by atoms with Gasteiger partial charge in [-0.1, -0.05) is 42.1 Å². The van der Waals surface area contributed by atoms with Crippen molar-refractivity contribution in [2.45, 2.75) is 35.6 Å². The minimum atomic E-state index is -0.219. The number of nitrogens with zero attached hydrogens (tertiary/aromatic N) is 2. The summed E-state index contributed by atoms with van der Waals surface area (Å²) in [7, 11) is 1.81. The molecule has 0 aliphatic carbocycles. The Hall–Kier alpha value is -1.74. The van der Waals surface area contributed by atoms with E-state index in [-0.39, 0.29) is 29.9 Å². The predicted molar refractivity (Wildman–Crippen MR) is 131 cm³/mol. The van der Waals surface area contributed by atoms with Crippen molar-refractivity contribution < 1.29 is 4.79 Å².